The molecule has 2 saturated heterocycles. The minimum atomic E-state index is -1.92. The summed E-state index contributed by atoms with van der Waals surface area (Å²) in [6.07, 6.45) is 1.82. The summed E-state index contributed by atoms with van der Waals surface area (Å²) in [5, 5.41) is 21.3. The lowest BCUT2D eigenvalue weighted by molar-refractivity contribution is -0.384. The Labute approximate surface area is 231 Å². The molecule has 0 bridgehead atoms. The Morgan fingerprint density at radius 2 is 1.69 bits per heavy atom. The molecular formula is C27H21Cl2N3O7. The molecule has 6 rings (SSSR count). The highest BCUT2D eigenvalue weighted by Gasteiger charge is 2.75. The highest BCUT2D eigenvalue weighted by Crippen LogP contribution is 2.65. The summed E-state index contributed by atoms with van der Waals surface area (Å²) < 4.78 is 0. The van der Waals surface area contributed by atoms with E-state index in [9.17, 15) is 34.4 Å². The monoisotopic (exact) mass is 569 g/mol. The van der Waals surface area contributed by atoms with Gasteiger partial charge in [-0.25, -0.2) is 0 Å². The molecule has 1 N–H and O–H groups in total. The van der Waals surface area contributed by atoms with Gasteiger partial charge < -0.3 is 5.11 Å². The molecule has 2 aliphatic carbocycles. The number of fused-ring (bicyclic) bond motifs is 4. The molecular weight excluding hydrogens is 549 g/mol. The molecule has 12 heteroatoms. The predicted octanol–water partition coefficient (Wildman–Crippen LogP) is 3.49. The second kappa shape index (κ2) is 8.37. The van der Waals surface area contributed by atoms with E-state index in [1.165, 1.54) is 43.4 Å². The van der Waals surface area contributed by atoms with Crippen molar-refractivity contribution in [2.75, 3.05) is 11.9 Å². The lowest BCUT2D eigenvalue weighted by Crippen LogP contribution is -2.60. The summed E-state index contributed by atoms with van der Waals surface area (Å²) >= 11 is 14.1. The standard InChI is InChI=1S/C27H21Cl2N3O7/c1-30-24(36)26(28)12-19-17(21(27(26,29)25(30)37)13-3-2-4-16(33)11-13)9-10-18-20(19)23(35)31(22(18)34)14-5-7-15(8-6-14)32(38)39/h2-9,11,18-21,33H,10,12H2,1H3. The molecule has 10 nitrogen and oxygen atoms in total. The molecule has 3 fully saturated rings. The van der Waals surface area contributed by atoms with E-state index < -0.39 is 62.0 Å². The van der Waals surface area contributed by atoms with E-state index in [0.717, 1.165) is 9.80 Å². The number of phenols is 1. The van der Waals surface area contributed by atoms with Crippen LogP contribution in [0.25, 0.3) is 0 Å². The van der Waals surface area contributed by atoms with Crippen LogP contribution in [0.15, 0.2) is 60.2 Å². The zero-order valence-electron chi connectivity index (χ0n) is 20.4. The molecule has 2 aliphatic heterocycles. The zero-order valence-corrected chi connectivity index (χ0v) is 21.9. The first-order valence-corrected chi connectivity index (χ1v) is 13.0. The van der Waals surface area contributed by atoms with Crippen molar-refractivity contribution >= 4 is 58.2 Å². The number of rotatable bonds is 3. The molecule has 0 radical (unpaired) electrons. The van der Waals surface area contributed by atoms with E-state index in [4.69, 9.17) is 23.2 Å². The number of hydrogen-bond acceptors (Lipinski definition) is 7. The van der Waals surface area contributed by atoms with Gasteiger partial charge in [0, 0.05) is 25.1 Å². The summed E-state index contributed by atoms with van der Waals surface area (Å²) in [7, 11) is 1.30. The van der Waals surface area contributed by atoms with E-state index in [0.29, 0.717) is 11.1 Å². The van der Waals surface area contributed by atoms with Crippen LogP contribution in [-0.2, 0) is 19.2 Å². The van der Waals surface area contributed by atoms with Crippen molar-refractivity contribution in [3.05, 3.63) is 75.9 Å². The number of halogens is 2. The quantitative estimate of drug-likeness (QED) is 0.196. The topological polar surface area (TPSA) is 138 Å². The molecule has 4 aliphatic rings. The number of carbonyl (C=O) groups is 4. The van der Waals surface area contributed by atoms with Crippen molar-refractivity contribution in [3.63, 3.8) is 0 Å². The van der Waals surface area contributed by atoms with E-state index in [1.807, 2.05) is 0 Å². The summed E-state index contributed by atoms with van der Waals surface area (Å²) in [6, 6.07) is 11.3. The van der Waals surface area contributed by atoms with Crippen LogP contribution in [0.1, 0.15) is 24.3 Å². The Kier molecular flexibility index (Phi) is 5.47. The molecule has 0 aromatic heterocycles. The largest absolute Gasteiger partial charge is 0.508 e. The number of phenolic OH excluding ortho intramolecular Hbond substituents is 1. The van der Waals surface area contributed by atoms with Gasteiger partial charge >= 0.3 is 0 Å². The van der Waals surface area contributed by atoms with Crippen LogP contribution in [0, 0.1) is 27.9 Å². The van der Waals surface area contributed by atoms with E-state index >= 15 is 0 Å². The van der Waals surface area contributed by atoms with E-state index in [1.54, 1.807) is 18.2 Å². The van der Waals surface area contributed by atoms with Crippen LogP contribution in [0.5, 0.6) is 5.75 Å². The Hall–Kier alpha value is -3.76. The summed E-state index contributed by atoms with van der Waals surface area (Å²) in [6.45, 7) is 0. The lowest BCUT2D eigenvalue weighted by atomic mass is 9.56. The van der Waals surface area contributed by atoms with Gasteiger partial charge in [-0.15, -0.1) is 23.2 Å². The van der Waals surface area contributed by atoms with Gasteiger partial charge in [0.2, 0.25) is 11.8 Å². The molecule has 4 amide bonds. The van der Waals surface area contributed by atoms with Crippen molar-refractivity contribution in [1.29, 1.82) is 0 Å². The molecule has 0 spiro atoms. The number of amides is 4. The number of nitro benzene ring substituents is 1. The summed E-state index contributed by atoms with van der Waals surface area (Å²) in [5.74, 6) is -5.73. The fraction of sp³-hybridized carbons (Fsp3) is 0.333. The normalized spacial score (nSPS) is 33.6. The Bertz CT molecular complexity index is 1530. The average molecular weight is 570 g/mol. The average Bonchev–Trinajstić information content (AvgIpc) is 3.23. The maximum Gasteiger partial charge on any atom is 0.269 e. The first-order chi connectivity index (χ1) is 18.4. The third kappa shape index (κ3) is 3.21. The van der Waals surface area contributed by atoms with Gasteiger partial charge in [-0.3, -0.25) is 39.1 Å². The first kappa shape index (κ1) is 25.5. The van der Waals surface area contributed by atoms with Gasteiger partial charge in [-0.1, -0.05) is 23.8 Å². The summed E-state index contributed by atoms with van der Waals surface area (Å²) in [4.78, 5) is 62.9. The van der Waals surface area contributed by atoms with E-state index in [-0.39, 0.29) is 30.0 Å². The number of nitrogens with zero attached hydrogens (tertiary/aromatic N) is 3. The number of alkyl halides is 2. The highest BCUT2D eigenvalue weighted by atomic mass is 35.5. The fourth-order valence-corrected chi connectivity index (χ4v) is 7.82. The van der Waals surface area contributed by atoms with Gasteiger partial charge in [0.15, 0.2) is 9.75 Å². The summed E-state index contributed by atoms with van der Waals surface area (Å²) in [5.41, 5.74) is 1.07. The number of imide groups is 2. The van der Waals surface area contributed by atoms with Crippen LogP contribution in [-0.4, -0.2) is 55.4 Å². The molecule has 200 valence electrons. The molecule has 1 saturated carbocycles. The van der Waals surface area contributed by atoms with Crippen LogP contribution in [0.3, 0.4) is 0 Å². The van der Waals surface area contributed by atoms with Crippen molar-refractivity contribution < 1.29 is 29.2 Å². The second-order valence-electron chi connectivity index (χ2n) is 10.4. The number of carbonyl (C=O) groups excluding carboxylic acids is 4. The smallest absolute Gasteiger partial charge is 0.269 e. The number of likely N-dealkylation sites (tertiary alicyclic amines) is 1. The number of benzene rings is 2. The Morgan fingerprint density at radius 1 is 1.00 bits per heavy atom. The Balaban J connectivity index is 1.48. The third-order valence-electron chi connectivity index (χ3n) is 8.54. The molecule has 2 aromatic carbocycles. The second-order valence-corrected chi connectivity index (χ2v) is 11.6. The van der Waals surface area contributed by atoms with Crippen molar-refractivity contribution in [3.8, 4) is 5.75 Å². The van der Waals surface area contributed by atoms with Gasteiger partial charge in [-0.2, -0.15) is 0 Å². The maximum atomic E-state index is 13.9. The number of allylic oxidation sites excluding steroid dienone is 2. The van der Waals surface area contributed by atoms with Crippen molar-refractivity contribution in [2.45, 2.75) is 28.5 Å². The molecule has 2 heterocycles. The van der Waals surface area contributed by atoms with Crippen LogP contribution >= 0.6 is 23.2 Å². The first-order valence-electron chi connectivity index (χ1n) is 12.2. The Morgan fingerprint density at radius 3 is 2.33 bits per heavy atom. The van der Waals surface area contributed by atoms with Crippen LogP contribution in [0.2, 0.25) is 0 Å². The minimum Gasteiger partial charge on any atom is -0.508 e. The molecule has 6 atom stereocenters. The van der Waals surface area contributed by atoms with Crippen LogP contribution in [0.4, 0.5) is 11.4 Å². The zero-order chi connectivity index (χ0) is 28.0. The maximum absolute atomic E-state index is 13.9. The molecule has 39 heavy (non-hydrogen) atoms. The van der Waals surface area contributed by atoms with E-state index in [2.05, 4.69) is 0 Å². The van der Waals surface area contributed by atoms with Gasteiger partial charge in [0.05, 0.1) is 22.4 Å². The van der Waals surface area contributed by atoms with Gasteiger partial charge in [-0.05, 0) is 48.6 Å². The van der Waals surface area contributed by atoms with Crippen molar-refractivity contribution in [1.82, 2.24) is 4.90 Å². The number of hydrogen-bond donors (Lipinski definition) is 1. The fourth-order valence-electron chi connectivity index (χ4n) is 6.80. The van der Waals surface area contributed by atoms with Gasteiger partial charge in [0.25, 0.3) is 17.5 Å². The number of non-ortho nitro benzene ring substituents is 1. The molecule has 2 aromatic rings. The van der Waals surface area contributed by atoms with Gasteiger partial charge in [0.1, 0.15) is 5.75 Å². The highest BCUT2D eigenvalue weighted by molar-refractivity contribution is 6.53. The molecule has 6 unspecified atom stereocenters. The number of aromatic hydroxyl groups is 1. The number of nitro groups is 1. The number of anilines is 1. The lowest BCUT2D eigenvalue weighted by Gasteiger charge is -2.50. The third-order valence-corrected chi connectivity index (χ3v) is 9.95. The minimum absolute atomic E-state index is 0.0778. The SMILES string of the molecule is CN1C(=O)C2(Cl)CC3C(=CCC4C(=O)N(c5ccc([N+](=O)[O-])cc5)C(=O)C43)C(c3cccc(O)c3)C2(Cl)C1=O. The van der Waals surface area contributed by atoms with Crippen molar-refractivity contribution in [2.24, 2.45) is 17.8 Å². The van der Waals surface area contributed by atoms with Crippen LogP contribution < -0.4 is 4.90 Å². The predicted molar refractivity (Wildman–Crippen MR) is 139 cm³/mol.